The summed E-state index contributed by atoms with van der Waals surface area (Å²) in [6, 6.07) is 15.1. The average molecular weight is 324 g/mol. The second-order valence-corrected chi connectivity index (χ2v) is 5.71. The Kier molecular flexibility index (Phi) is 4.85. The minimum Gasteiger partial charge on any atom is -0.497 e. The Morgan fingerprint density at radius 3 is 2.50 bits per heavy atom. The van der Waals surface area contributed by atoms with Gasteiger partial charge in [-0.1, -0.05) is 12.1 Å². The molecule has 24 heavy (non-hydrogen) atoms. The van der Waals surface area contributed by atoms with Crippen molar-refractivity contribution in [3.8, 4) is 11.5 Å². The summed E-state index contributed by atoms with van der Waals surface area (Å²) in [5, 5.41) is 0.931. The van der Waals surface area contributed by atoms with Crippen molar-refractivity contribution in [1.82, 2.24) is 0 Å². The number of rotatable bonds is 6. The van der Waals surface area contributed by atoms with Gasteiger partial charge in [0.25, 0.3) is 0 Å². The number of ether oxygens (including phenoxy) is 2. The molecule has 0 amide bonds. The van der Waals surface area contributed by atoms with Crippen LogP contribution in [0.25, 0.3) is 11.0 Å². The van der Waals surface area contributed by atoms with Gasteiger partial charge >= 0.3 is 5.63 Å². The molecule has 0 saturated carbocycles. The summed E-state index contributed by atoms with van der Waals surface area (Å²) >= 11 is 0. The highest BCUT2D eigenvalue weighted by molar-refractivity contribution is 5.81. The fourth-order valence-electron chi connectivity index (χ4n) is 2.65. The molecule has 0 saturated heterocycles. The molecular formula is C20H20O4. The molecule has 3 rings (SSSR count). The van der Waals surface area contributed by atoms with Gasteiger partial charge in [0.05, 0.1) is 13.7 Å². The quantitative estimate of drug-likeness (QED) is 0.505. The van der Waals surface area contributed by atoms with E-state index in [1.54, 1.807) is 13.2 Å². The van der Waals surface area contributed by atoms with Gasteiger partial charge in [-0.05, 0) is 55.2 Å². The van der Waals surface area contributed by atoms with Crippen molar-refractivity contribution in [2.75, 3.05) is 13.7 Å². The first kappa shape index (κ1) is 16.1. The summed E-state index contributed by atoms with van der Waals surface area (Å²) in [6.07, 6.45) is 1.84. The van der Waals surface area contributed by atoms with Gasteiger partial charge in [-0.25, -0.2) is 4.79 Å². The van der Waals surface area contributed by atoms with E-state index >= 15 is 0 Å². The van der Waals surface area contributed by atoms with Gasteiger partial charge in [0.2, 0.25) is 0 Å². The van der Waals surface area contributed by atoms with Crippen LogP contribution in [0.4, 0.5) is 0 Å². The molecule has 3 aromatic rings. The number of fused-ring (bicyclic) bond motifs is 1. The molecule has 0 spiro atoms. The van der Waals surface area contributed by atoms with Crippen LogP contribution in [0.5, 0.6) is 11.5 Å². The summed E-state index contributed by atoms with van der Waals surface area (Å²) in [7, 11) is 1.66. The van der Waals surface area contributed by atoms with Gasteiger partial charge < -0.3 is 13.9 Å². The van der Waals surface area contributed by atoms with Crippen molar-refractivity contribution in [2.24, 2.45) is 0 Å². The molecule has 4 nitrogen and oxygen atoms in total. The summed E-state index contributed by atoms with van der Waals surface area (Å²) in [5.74, 6) is 1.58. The first-order chi connectivity index (χ1) is 11.7. The van der Waals surface area contributed by atoms with E-state index < -0.39 is 0 Å². The third-order valence-electron chi connectivity index (χ3n) is 3.96. The number of methoxy groups -OCH3 is 1. The van der Waals surface area contributed by atoms with Crippen LogP contribution in [-0.4, -0.2) is 13.7 Å². The molecule has 1 heterocycles. The molecule has 0 bridgehead atoms. The normalized spacial score (nSPS) is 10.8. The van der Waals surface area contributed by atoms with Gasteiger partial charge in [0, 0.05) is 17.5 Å². The largest absolute Gasteiger partial charge is 0.497 e. The molecule has 2 aromatic carbocycles. The third-order valence-corrected chi connectivity index (χ3v) is 3.96. The first-order valence-electron chi connectivity index (χ1n) is 7.96. The molecule has 0 fully saturated rings. The van der Waals surface area contributed by atoms with Crippen molar-refractivity contribution in [3.63, 3.8) is 0 Å². The molecule has 124 valence electrons. The predicted molar refractivity (Wildman–Crippen MR) is 94.0 cm³/mol. The Morgan fingerprint density at radius 1 is 1.00 bits per heavy atom. The van der Waals surface area contributed by atoms with E-state index in [1.807, 2.05) is 31.2 Å². The van der Waals surface area contributed by atoms with Crippen LogP contribution < -0.4 is 15.1 Å². The van der Waals surface area contributed by atoms with E-state index in [0.29, 0.717) is 17.9 Å². The maximum absolute atomic E-state index is 11.5. The van der Waals surface area contributed by atoms with Gasteiger partial charge in [0.15, 0.2) is 0 Å². The van der Waals surface area contributed by atoms with Crippen LogP contribution in [0.2, 0.25) is 0 Å². The lowest BCUT2D eigenvalue weighted by atomic mass is 10.1. The lowest BCUT2D eigenvalue weighted by molar-refractivity contribution is 0.311. The molecule has 0 atom stereocenters. The highest BCUT2D eigenvalue weighted by Gasteiger charge is 2.04. The molecule has 0 aliphatic rings. The Morgan fingerprint density at radius 2 is 1.75 bits per heavy atom. The number of benzene rings is 2. The molecular weight excluding hydrogens is 304 g/mol. The number of hydrogen-bond acceptors (Lipinski definition) is 4. The van der Waals surface area contributed by atoms with Crippen LogP contribution in [0, 0.1) is 6.92 Å². The molecule has 1 aromatic heterocycles. The van der Waals surface area contributed by atoms with Crippen LogP contribution in [0.3, 0.4) is 0 Å². The van der Waals surface area contributed by atoms with E-state index in [0.717, 1.165) is 29.5 Å². The zero-order valence-electron chi connectivity index (χ0n) is 13.9. The molecule has 0 aliphatic heterocycles. The van der Waals surface area contributed by atoms with E-state index in [9.17, 15) is 4.79 Å². The minimum atomic E-state index is -0.336. The maximum atomic E-state index is 11.5. The molecule has 0 unspecified atom stereocenters. The van der Waals surface area contributed by atoms with Crippen LogP contribution in [0.15, 0.2) is 57.7 Å². The van der Waals surface area contributed by atoms with Crippen molar-refractivity contribution in [1.29, 1.82) is 0 Å². The Bertz CT molecular complexity index is 878. The Labute approximate surface area is 140 Å². The Hall–Kier alpha value is -2.75. The van der Waals surface area contributed by atoms with Gasteiger partial charge in [-0.3, -0.25) is 0 Å². The van der Waals surface area contributed by atoms with Crippen LogP contribution >= 0.6 is 0 Å². The second kappa shape index (κ2) is 7.21. The van der Waals surface area contributed by atoms with Crippen molar-refractivity contribution in [3.05, 3.63) is 70.1 Å². The highest BCUT2D eigenvalue weighted by Crippen LogP contribution is 2.22. The minimum absolute atomic E-state index is 0.336. The maximum Gasteiger partial charge on any atom is 0.336 e. The zero-order valence-corrected chi connectivity index (χ0v) is 13.9. The lowest BCUT2D eigenvalue weighted by Crippen LogP contribution is -2.01. The van der Waals surface area contributed by atoms with E-state index in [-0.39, 0.29) is 5.63 Å². The highest BCUT2D eigenvalue weighted by atomic mass is 16.5. The summed E-state index contributed by atoms with van der Waals surface area (Å²) in [5.41, 5.74) is 2.39. The fourth-order valence-corrected chi connectivity index (χ4v) is 2.65. The fraction of sp³-hybridized carbons (Fsp3) is 0.250. The van der Waals surface area contributed by atoms with E-state index in [4.69, 9.17) is 13.9 Å². The average Bonchev–Trinajstić information content (AvgIpc) is 2.59. The first-order valence-corrected chi connectivity index (χ1v) is 7.96. The second-order valence-electron chi connectivity index (χ2n) is 5.71. The SMILES string of the molecule is COc1ccc(CCCOc2ccc3c(C)cc(=O)oc3c2)cc1. The monoisotopic (exact) mass is 324 g/mol. The van der Waals surface area contributed by atoms with Crippen molar-refractivity contribution >= 4 is 11.0 Å². The summed E-state index contributed by atoms with van der Waals surface area (Å²) < 4.78 is 16.2. The topological polar surface area (TPSA) is 48.7 Å². The van der Waals surface area contributed by atoms with Crippen LogP contribution in [0.1, 0.15) is 17.5 Å². The van der Waals surface area contributed by atoms with E-state index in [1.165, 1.54) is 11.6 Å². The zero-order chi connectivity index (χ0) is 16.9. The van der Waals surface area contributed by atoms with Gasteiger partial charge in [-0.2, -0.15) is 0 Å². The number of hydrogen-bond donors (Lipinski definition) is 0. The van der Waals surface area contributed by atoms with Gasteiger partial charge in [0.1, 0.15) is 17.1 Å². The number of aryl methyl sites for hydroxylation is 2. The molecule has 0 radical (unpaired) electrons. The smallest absolute Gasteiger partial charge is 0.336 e. The molecule has 4 heteroatoms. The lowest BCUT2D eigenvalue weighted by Gasteiger charge is -2.08. The summed E-state index contributed by atoms with van der Waals surface area (Å²) in [4.78, 5) is 11.5. The Balaban J connectivity index is 1.58. The summed E-state index contributed by atoms with van der Waals surface area (Å²) in [6.45, 7) is 2.50. The molecule has 0 N–H and O–H groups in total. The van der Waals surface area contributed by atoms with Crippen LogP contribution in [-0.2, 0) is 6.42 Å². The molecule has 0 aliphatic carbocycles. The predicted octanol–water partition coefficient (Wildman–Crippen LogP) is 4.12. The third kappa shape index (κ3) is 3.77. The standard InChI is InChI=1S/C20H20O4/c1-14-12-20(21)24-19-13-17(9-10-18(14)19)23-11-3-4-15-5-7-16(22-2)8-6-15/h5-10,12-13H,3-4,11H2,1-2H3. The van der Waals surface area contributed by atoms with Crippen molar-refractivity contribution in [2.45, 2.75) is 19.8 Å². The van der Waals surface area contributed by atoms with Crippen molar-refractivity contribution < 1.29 is 13.9 Å². The van der Waals surface area contributed by atoms with E-state index in [2.05, 4.69) is 12.1 Å². The van der Waals surface area contributed by atoms with Gasteiger partial charge in [-0.15, -0.1) is 0 Å².